The lowest BCUT2D eigenvalue weighted by atomic mass is 10.2. The summed E-state index contributed by atoms with van der Waals surface area (Å²) in [5, 5.41) is 6.20. The molecular formula is C13H16N2OS. The van der Waals surface area contributed by atoms with Crippen molar-refractivity contribution in [3.63, 3.8) is 0 Å². The van der Waals surface area contributed by atoms with Gasteiger partial charge in [0.25, 0.3) is 0 Å². The second kappa shape index (κ2) is 7.04. The summed E-state index contributed by atoms with van der Waals surface area (Å²) < 4.78 is 5.58. The van der Waals surface area contributed by atoms with Crippen LogP contribution in [0, 0.1) is 0 Å². The Balaban J connectivity index is 1.52. The number of aromatic nitrogens is 1. The van der Waals surface area contributed by atoms with Gasteiger partial charge >= 0.3 is 0 Å². The van der Waals surface area contributed by atoms with Crippen molar-refractivity contribution in [2.75, 3.05) is 18.5 Å². The van der Waals surface area contributed by atoms with Gasteiger partial charge in [0, 0.05) is 24.7 Å². The van der Waals surface area contributed by atoms with E-state index in [0.29, 0.717) is 6.61 Å². The van der Waals surface area contributed by atoms with Gasteiger partial charge in [-0.1, -0.05) is 30.3 Å². The molecule has 2 rings (SSSR count). The van der Waals surface area contributed by atoms with Crippen LogP contribution in [0.4, 0.5) is 5.13 Å². The van der Waals surface area contributed by atoms with Gasteiger partial charge in [0.15, 0.2) is 5.13 Å². The maximum Gasteiger partial charge on any atom is 0.182 e. The minimum atomic E-state index is 0.693. The average molecular weight is 248 g/mol. The first-order chi connectivity index (χ1) is 8.45. The SMILES string of the molecule is c1ccc(COCCCNc2nccs2)cc1. The third-order valence-corrected chi connectivity index (χ3v) is 3.02. The third-order valence-electron chi connectivity index (χ3n) is 2.29. The monoisotopic (exact) mass is 248 g/mol. The van der Waals surface area contributed by atoms with Gasteiger partial charge < -0.3 is 10.1 Å². The molecule has 17 heavy (non-hydrogen) atoms. The second-order valence-electron chi connectivity index (χ2n) is 3.66. The zero-order chi connectivity index (χ0) is 11.8. The molecule has 0 saturated carbocycles. The molecule has 3 nitrogen and oxygen atoms in total. The van der Waals surface area contributed by atoms with Crippen LogP contribution in [-0.4, -0.2) is 18.1 Å². The largest absolute Gasteiger partial charge is 0.377 e. The lowest BCUT2D eigenvalue weighted by molar-refractivity contribution is 0.120. The number of hydrogen-bond donors (Lipinski definition) is 1. The molecular weight excluding hydrogens is 232 g/mol. The molecule has 2 aromatic rings. The summed E-state index contributed by atoms with van der Waals surface area (Å²) in [7, 11) is 0. The van der Waals surface area contributed by atoms with Gasteiger partial charge in [0.2, 0.25) is 0 Å². The first kappa shape index (κ1) is 12.1. The summed E-state index contributed by atoms with van der Waals surface area (Å²) in [4.78, 5) is 4.15. The summed E-state index contributed by atoms with van der Waals surface area (Å²) >= 11 is 1.62. The fourth-order valence-electron chi connectivity index (χ4n) is 1.44. The Labute approximate surface area is 105 Å². The topological polar surface area (TPSA) is 34.1 Å². The highest BCUT2D eigenvalue weighted by molar-refractivity contribution is 7.13. The third kappa shape index (κ3) is 4.54. The van der Waals surface area contributed by atoms with Crippen LogP contribution in [0.25, 0.3) is 0 Å². The van der Waals surface area contributed by atoms with E-state index in [0.717, 1.165) is 24.7 Å². The Hall–Kier alpha value is -1.39. The van der Waals surface area contributed by atoms with Crippen LogP contribution in [0.5, 0.6) is 0 Å². The zero-order valence-electron chi connectivity index (χ0n) is 9.63. The summed E-state index contributed by atoms with van der Waals surface area (Å²) in [5.74, 6) is 0. The molecule has 1 heterocycles. The van der Waals surface area contributed by atoms with E-state index in [1.54, 1.807) is 17.5 Å². The van der Waals surface area contributed by atoms with E-state index in [1.807, 2.05) is 23.6 Å². The highest BCUT2D eigenvalue weighted by atomic mass is 32.1. The molecule has 0 unspecified atom stereocenters. The van der Waals surface area contributed by atoms with Crippen LogP contribution in [0.15, 0.2) is 41.9 Å². The maximum absolute atomic E-state index is 5.58. The normalized spacial score (nSPS) is 10.4. The van der Waals surface area contributed by atoms with E-state index >= 15 is 0 Å². The van der Waals surface area contributed by atoms with E-state index in [1.165, 1.54) is 5.56 Å². The lowest BCUT2D eigenvalue weighted by Crippen LogP contribution is -2.05. The Morgan fingerprint density at radius 2 is 2.12 bits per heavy atom. The van der Waals surface area contributed by atoms with Crippen LogP contribution in [0.2, 0.25) is 0 Å². The van der Waals surface area contributed by atoms with Crippen molar-refractivity contribution in [1.82, 2.24) is 4.98 Å². The van der Waals surface area contributed by atoms with Crippen molar-refractivity contribution in [2.45, 2.75) is 13.0 Å². The Bertz CT molecular complexity index is 403. The smallest absolute Gasteiger partial charge is 0.182 e. The molecule has 4 heteroatoms. The Morgan fingerprint density at radius 1 is 1.24 bits per heavy atom. The molecule has 0 amide bonds. The molecule has 0 aliphatic carbocycles. The van der Waals surface area contributed by atoms with E-state index in [-0.39, 0.29) is 0 Å². The van der Waals surface area contributed by atoms with Gasteiger partial charge in [-0.15, -0.1) is 11.3 Å². The first-order valence-electron chi connectivity index (χ1n) is 5.70. The van der Waals surface area contributed by atoms with Crippen LogP contribution in [0.1, 0.15) is 12.0 Å². The highest BCUT2D eigenvalue weighted by Crippen LogP contribution is 2.09. The average Bonchev–Trinajstić information content (AvgIpc) is 2.88. The summed E-state index contributed by atoms with van der Waals surface area (Å²) in [6, 6.07) is 10.2. The summed E-state index contributed by atoms with van der Waals surface area (Å²) in [6.07, 6.45) is 2.80. The maximum atomic E-state index is 5.58. The summed E-state index contributed by atoms with van der Waals surface area (Å²) in [6.45, 7) is 2.37. The van der Waals surface area contributed by atoms with Crippen molar-refractivity contribution in [3.8, 4) is 0 Å². The fourth-order valence-corrected chi connectivity index (χ4v) is 2.00. The van der Waals surface area contributed by atoms with Gasteiger partial charge in [-0.3, -0.25) is 0 Å². The number of hydrogen-bond acceptors (Lipinski definition) is 4. The molecule has 0 fully saturated rings. The standard InChI is InChI=1S/C13H16N2OS/c1-2-5-12(6-3-1)11-16-9-4-7-14-13-15-8-10-17-13/h1-3,5-6,8,10H,4,7,9,11H2,(H,14,15). The highest BCUT2D eigenvalue weighted by Gasteiger charge is 1.94. The molecule has 1 aromatic heterocycles. The van der Waals surface area contributed by atoms with Crippen LogP contribution in [0.3, 0.4) is 0 Å². The first-order valence-corrected chi connectivity index (χ1v) is 6.58. The minimum absolute atomic E-state index is 0.693. The van der Waals surface area contributed by atoms with Crippen molar-refractivity contribution in [3.05, 3.63) is 47.5 Å². The van der Waals surface area contributed by atoms with Gasteiger partial charge in [-0.25, -0.2) is 4.98 Å². The molecule has 1 aromatic carbocycles. The van der Waals surface area contributed by atoms with E-state index in [2.05, 4.69) is 22.4 Å². The molecule has 0 aliphatic heterocycles. The molecule has 0 saturated heterocycles. The number of thiazole rings is 1. The van der Waals surface area contributed by atoms with Crippen molar-refractivity contribution < 1.29 is 4.74 Å². The van der Waals surface area contributed by atoms with Gasteiger partial charge in [-0.05, 0) is 12.0 Å². The predicted octanol–water partition coefficient (Wildman–Crippen LogP) is 3.16. The van der Waals surface area contributed by atoms with Crippen molar-refractivity contribution in [1.29, 1.82) is 0 Å². The Morgan fingerprint density at radius 3 is 2.88 bits per heavy atom. The number of benzene rings is 1. The predicted molar refractivity (Wildman–Crippen MR) is 71.3 cm³/mol. The van der Waals surface area contributed by atoms with Crippen LogP contribution < -0.4 is 5.32 Å². The van der Waals surface area contributed by atoms with Crippen molar-refractivity contribution in [2.24, 2.45) is 0 Å². The molecule has 0 aliphatic rings. The summed E-state index contributed by atoms with van der Waals surface area (Å²) in [5.41, 5.74) is 1.22. The Kier molecular flexibility index (Phi) is 5.00. The number of rotatable bonds is 7. The lowest BCUT2D eigenvalue weighted by Gasteiger charge is -2.05. The minimum Gasteiger partial charge on any atom is -0.377 e. The van der Waals surface area contributed by atoms with Gasteiger partial charge in [0.1, 0.15) is 0 Å². The number of anilines is 1. The quantitative estimate of drug-likeness (QED) is 0.764. The molecule has 0 atom stereocenters. The molecule has 0 radical (unpaired) electrons. The number of nitrogens with one attached hydrogen (secondary N) is 1. The molecule has 1 N–H and O–H groups in total. The van der Waals surface area contributed by atoms with E-state index < -0.39 is 0 Å². The van der Waals surface area contributed by atoms with Gasteiger partial charge in [-0.2, -0.15) is 0 Å². The molecule has 0 spiro atoms. The van der Waals surface area contributed by atoms with E-state index in [9.17, 15) is 0 Å². The zero-order valence-corrected chi connectivity index (χ0v) is 10.5. The number of ether oxygens (including phenoxy) is 1. The van der Waals surface area contributed by atoms with E-state index in [4.69, 9.17) is 4.74 Å². The van der Waals surface area contributed by atoms with Crippen molar-refractivity contribution >= 4 is 16.5 Å². The molecule has 90 valence electrons. The van der Waals surface area contributed by atoms with Gasteiger partial charge in [0.05, 0.1) is 6.61 Å². The number of nitrogens with zero attached hydrogens (tertiary/aromatic N) is 1. The fraction of sp³-hybridized carbons (Fsp3) is 0.308. The van der Waals surface area contributed by atoms with Crippen LogP contribution in [-0.2, 0) is 11.3 Å². The molecule has 0 bridgehead atoms. The van der Waals surface area contributed by atoms with Crippen LogP contribution >= 0.6 is 11.3 Å². The second-order valence-corrected chi connectivity index (χ2v) is 4.55.